The number of aryl methyl sites for hydroxylation is 1. The molecule has 2 aromatic carbocycles. The average molecular weight is 445 g/mol. The number of fused-ring (bicyclic) bond motifs is 1. The van der Waals surface area contributed by atoms with Crippen LogP contribution in [0.4, 0.5) is 11.5 Å². The second-order valence-corrected chi connectivity index (χ2v) is 8.39. The van der Waals surface area contributed by atoms with Gasteiger partial charge in [0.2, 0.25) is 5.28 Å². The van der Waals surface area contributed by atoms with E-state index in [2.05, 4.69) is 74.1 Å². The number of para-hydroxylation sites is 1. The molecule has 0 atom stereocenters. The lowest BCUT2D eigenvalue weighted by atomic mass is 10.0. The van der Waals surface area contributed by atoms with E-state index in [-0.39, 0.29) is 5.28 Å². The van der Waals surface area contributed by atoms with Crippen LogP contribution in [-0.4, -0.2) is 17.0 Å². The van der Waals surface area contributed by atoms with Gasteiger partial charge in [0, 0.05) is 27.6 Å². The van der Waals surface area contributed by atoms with E-state index in [9.17, 15) is 0 Å². The second kappa shape index (κ2) is 6.99. The van der Waals surface area contributed by atoms with Crippen LogP contribution < -0.4 is 4.90 Å². The lowest BCUT2D eigenvalue weighted by Crippen LogP contribution is -2.12. The van der Waals surface area contributed by atoms with Gasteiger partial charge >= 0.3 is 0 Å². The van der Waals surface area contributed by atoms with Crippen LogP contribution in [0.1, 0.15) is 4.88 Å². The molecule has 26 heavy (non-hydrogen) atoms. The number of anilines is 2. The first-order valence-electron chi connectivity index (χ1n) is 8.06. The highest BCUT2D eigenvalue weighted by atomic mass is 79.9. The summed E-state index contributed by atoms with van der Waals surface area (Å²) in [6.07, 6.45) is 0. The molecule has 0 aliphatic carbocycles. The number of halogens is 2. The summed E-state index contributed by atoms with van der Waals surface area (Å²) in [4.78, 5) is 13.2. The Bertz CT molecular complexity index is 1080. The predicted molar refractivity (Wildman–Crippen MR) is 115 cm³/mol. The molecule has 0 N–H and O–H groups in total. The number of hydrogen-bond donors (Lipinski definition) is 0. The lowest BCUT2D eigenvalue weighted by molar-refractivity contribution is 1.12. The maximum absolute atomic E-state index is 6.24. The van der Waals surface area contributed by atoms with Crippen LogP contribution in [0.25, 0.3) is 21.3 Å². The van der Waals surface area contributed by atoms with E-state index >= 15 is 0 Å². The molecular weight excluding hydrogens is 430 g/mol. The minimum absolute atomic E-state index is 0.263. The Hall–Kier alpha value is -1.95. The first kappa shape index (κ1) is 17.5. The number of benzene rings is 2. The molecule has 4 aromatic rings. The molecule has 0 saturated heterocycles. The van der Waals surface area contributed by atoms with Crippen LogP contribution in [0.15, 0.2) is 59.1 Å². The second-order valence-electron chi connectivity index (χ2n) is 5.93. The van der Waals surface area contributed by atoms with Crippen LogP contribution >= 0.6 is 38.9 Å². The fourth-order valence-corrected chi connectivity index (χ4v) is 4.57. The molecule has 2 aromatic heterocycles. The largest absolute Gasteiger partial charge is 0.329 e. The highest BCUT2D eigenvalue weighted by molar-refractivity contribution is 9.10. The van der Waals surface area contributed by atoms with Crippen molar-refractivity contribution < 1.29 is 0 Å². The van der Waals surface area contributed by atoms with Crippen molar-refractivity contribution in [2.75, 3.05) is 11.9 Å². The Morgan fingerprint density at radius 2 is 1.69 bits per heavy atom. The van der Waals surface area contributed by atoms with Gasteiger partial charge in [-0.1, -0.05) is 46.3 Å². The Morgan fingerprint density at radius 3 is 2.38 bits per heavy atom. The summed E-state index contributed by atoms with van der Waals surface area (Å²) in [5.74, 6) is 0.813. The quantitative estimate of drug-likeness (QED) is 0.323. The number of aromatic nitrogens is 2. The fourth-order valence-electron chi connectivity index (χ4n) is 3.05. The van der Waals surface area contributed by atoms with Gasteiger partial charge in [0.15, 0.2) is 0 Å². The molecule has 2 heterocycles. The maximum Gasteiger partial charge on any atom is 0.225 e. The molecule has 0 amide bonds. The van der Waals surface area contributed by atoms with Gasteiger partial charge in [-0.15, -0.1) is 11.3 Å². The fraction of sp³-hybridized carbons (Fsp3) is 0.100. The van der Waals surface area contributed by atoms with E-state index in [1.165, 1.54) is 4.88 Å². The predicted octanol–water partition coefficient (Wildman–Crippen LogP) is 6.85. The van der Waals surface area contributed by atoms with Crippen molar-refractivity contribution in [3.05, 3.63) is 69.2 Å². The molecule has 0 saturated carbocycles. The molecule has 0 fully saturated rings. The molecule has 0 spiro atoms. The van der Waals surface area contributed by atoms with Crippen molar-refractivity contribution >= 4 is 60.6 Å². The minimum atomic E-state index is 0.263. The van der Waals surface area contributed by atoms with Gasteiger partial charge in [-0.25, -0.2) is 4.98 Å². The summed E-state index contributed by atoms with van der Waals surface area (Å²) in [5, 5.41) is 1.30. The van der Waals surface area contributed by atoms with Gasteiger partial charge in [-0.3, -0.25) is 0 Å². The number of nitrogens with zero attached hydrogens (tertiary/aromatic N) is 3. The van der Waals surface area contributed by atoms with Crippen molar-refractivity contribution in [2.45, 2.75) is 6.92 Å². The maximum atomic E-state index is 6.24. The smallest absolute Gasteiger partial charge is 0.225 e. The Morgan fingerprint density at radius 1 is 1.00 bits per heavy atom. The normalized spacial score (nSPS) is 11.1. The Balaban J connectivity index is 1.99. The third-order valence-electron chi connectivity index (χ3n) is 4.28. The van der Waals surface area contributed by atoms with Crippen molar-refractivity contribution in [2.24, 2.45) is 0 Å². The molecule has 0 bridgehead atoms. The zero-order chi connectivity index (χ0) is 18.3. The Labute approximate surface area is 169 Å². The zero-order valence-corrected chi connectivity index (χ0v) is 17.4. The molecule has 0 radical (unpaired) electrons. The first-order valence-corrected chi connectivity index (χ1v) is 10.0. The summed E-state index contributed by atoms with van der Waals surface area (Å²) in [6, 6.07) is 18.5. The van der Waals surface area contributed by atoms with Crippen LogP contribution in [0.3, 0.4) is 0 Å². The van der Waals surface area contributed by atoms with Crippen LogP contribution in [0, 0.1) is 6.92 Å². The molecule has 6 heteroatoms. The summed E-state index contributed by atoms with van der Waals surface area (Å²) >= 11 is 11.4. The summed E-state index contributed by atoms with van der Waals surface area (Å²) in [7, 11) is 2.01. The van der Waals surface area contributed by atoms with Gasteiger partial charge < -0.3 is 4.90 Å². The van der Waals surface area contributed by atoms with Gasteiger partial charge in [0.25, 0.3) is 0 Å². The van der Waals surface area contributed by atoms with E-state index in [1.54, 1.807) is 11.3 Å². The van der Waals surface area contributed by atoms with Gasteiger partial charge in [-0.05, 0) is 48.4 Å². The van der Waals surface area contributed by atoms with Crippen molar-refractivity contribution in [1.29, 1.82) is 0 Å². The minimum Gasteiger partial charge on any atom is -0.329 e. The summed E-state index contributed by atoms with van der Waals surface area (Å²) < 4.78 is 1.05. The third-order valence-corrected chi connectivity index (χ3v) is 5.97. The van der Waals surface area contributed by atoms with Crippen molar-refractivity contribution in [3.8, 4) is 11.1 Å². The van der Waals surface area contributed by atoms with Crippen molar-refractivity contribution in [1.82, 2.24) is 9.97 Å². The van der Waals surface area contributed by atoms with Gasteiger partial charge in [0.1, 0.15) is 10.6 Å². The van der Waals surface area contributed by atoms with E-state index in [1.807, 2.05) is 25.2 Å². The Kier molecular flexibility index (Phi) is 4.69. The SMILES string of the molecule is Cc1sc2nc(Cl)nc(N(C)c3ccccc3)c2c1-c1ccc(Br)cc1. The molecule has 130 valence electrons. The van der Waals surface area contributed by atoms with Crippen molar-refractivity contribution in [3.63, 3.8) is 0 Å². The zero-order valence-electron chi connectivity index (χ0n) is 14.2. The highest BCUT2D eigenvalue weighted by Crippen LogP contribution is 2.43. The summed E-state index contributed by atoms with van der Waals surface area (Å²) in [5.41, 5.74) is 3.35. The molecule has 0 aliphatic heterocycles. The average Bonchev–Trinajstić information content (AvgIpc) is 2.97. The van der Waals surface area contributed by atoms with Gasteiger partial charge in [0.05, 0.1) is 5.39 Å². The first-order chi connectivity index (χ1) is 12.5. The van der Waals surface area contributed by atoms with Gasteiger partial charge in [-0.2, -0.15) is 4.98 Å². The molecule has 0 unspecified atom stereocenters. The van der Waals surface area contributed by atoms with E-state index in [4.69, 9.17) is 11.6 Å². The lowest BCUT2D eigenvalue weighted by Gasteiger charge is -2.20. The monoisotopic (exact) mass is 443 g/mol. The topological polar surface area (TPSA) is 29.0 Å². The summed E-state index contributed by atoms with van der Waals surface area (Å²) in [6.45, 7) is 2.12. The third kappa shape index (κ3) is 3.11. The van der Waals surface area contributed by atoms with E-state index < -0.39 is 0 Å². The molecule has 0 aliphatic rings. The molecular formula is C20H15BrClN3S. The number of thiophene rings is 1. The van der Waals surface area contributed by atoms with E-state index in [0.717, 1.165) is 37.3 Å². The molecule has 4 rings (SSSR count). The molecule has 3 nitrogen and oxygen atoms in total. The van der Waals surface area contributed by atoms with E-state index in [0.29, 0.717) is 0 Å². The van der Waals surface area contributed by atoms with Crippen LogP contribution in [-0.2, 0) is 0 Å². The number of rotatable bonds is 3. The standard InChI is InChI=1S/C20H15BrClN3S/c1-12-16(13-8-10-14(21)11-9-13)17-18(23-20(22)24-19(17)26-12)25(2)15-6-4-3-5-7-15/h3-11H,1-2H3. The number of hydrogen-bond acceptors (Lipinski definition) is 4. The van der Waals surface area contributed by atoms with Crippen LogP contribution in [0.2, 0.25) is 5.28 Å². The van der Waals surface area contributed by atoms with Crippen LogP contribution in [0.5, 0.6) is 0 Å². The highest BCUT2D eigenvalue weighted by Gasteiger charge is 2.21.